The third-order valence-electron chi connectivity index (χ3n) is 5.93. The third kappa shape index (κ3) is 6.21. The van der Waals surface area contributed by atoms with Gasteiger partial charge < -0.3 is 30.6 Å². The van der Waals surface area contributed by atoms with Crippen molar-refractivity contribution in [3.05, 3.63) is 83.7 Å². The van der Waals surface area contributed by atoms with E-state index in [-0.39, 0.29) is 23.6 Å². The fourth-order valence-corrected chi connectivity index (χ4v) is 4.10. The third-order valence-corrected chi connectivity index (χ3v) is 5.93. The van der Waals surface area contributed by atoms with Gasteiger partial charge in [-0.25, -0.2) is 4.98 Å². The number of H-pyrrole nitrogens is 1. The molecule has 0 bridgehead atoms. The van der Waals surface area contributed by atoms with E-state index in [9.17, 15) is 9.90 Å². The second-order valence-corrected chi connectivity index (χ2v) is 9.52. The molecule has 1 amide bonds. The number of hydrogen-bond acceptors (Lipinski definition) is 6. The Balaban J connectivity index is 1.28. The first-order chi connectivity index (χ1) is 17.2. The Bertz CT molecular complexity index is 1330. The highest BCUT2D eigenvalue weighted by Gasteiger charge is 2.20. The number of primary amides is 1. The number of rotatable bonds is 11. The van der Waals surface area contributed by atoms with Gasteiger partial charge in [0.05, 0.1) is 0 Å². The standard InChI is InChI=1S/C28H32N4O4/c1-18-15-31-23-7-4-8-24(25(18)23)35-17-20(33)16-32-28(2,3)14-19-9-11-21(12-10-19)36-27-22(26(29)34)6-5-13-30-27/h4-13,15,20,31-33H,14,16-17H2,1-3H3,(H2,29,34)/t20-/m0/s1. The minimum Gasteiger partial charge on any atom is -0.490 e. The topological polar surface area (TPSA) is 122 Å². The second kappa shape index (κ2) is 10.8. The lowest BCUT2D eigenvalue weighted by atomic mass is 9.94. The molecular weight excluding hydrogens is 456 g/mol. The lowest BCUT2D eigenvalue weighted by Crippen LogP contribution is -2.46. The van der Waals surface area contributed by atoms with E-state index in [0.717, 1.165) is 34.2 Å². The molecule has 2 aromatic carbocycles. The number of ether oxygens (including phenoxy) is 2. The van der Waals surface area contributed by atoms with Crippen molar-refractivity contribution in [2.24, 2.45) is 5.73 Å². The molecule has 5 N–H and O–H groups in total. The minimum atomic E-state index is -0.660. The lowest BCUT2D eigenvalue weighted by molar-refractivity contribution is 0.0995. The maximum Gasteiger partial charge on any atom is 0.254 e. The summed E-state index contributed by atoms with van der Waals surface area (Å²) < 4.78 is 11.7. The maximum atomic E-state index is 11.6. The van der Waals surface area contributed by atoms with Gasteiger partial charge in [0.25, 0.3) is 5.91 Å². The second-order valence-electron chi connectivity index (χ2n) is 9.52. The molecule has 0 fully saturated rings. The Morgan fingerprint density at radius 3 is 2.69 bits per heavy atom. The monoisotopic (exact) mass is 488 g/mol. The van der Waals surface area contributed by atoms with Crippen molar-refractivity contribution < 1.29 is 19.4 Å². The lowest BCUT2D eigenvalue weighted by Gasteiger charge is -2.28. The van der Waals surface area contributed by atoms with Crippen LogP contribution in [0.25, 0.3) is 10.9 Å². The first-order valence-electron chi connectivity index (χ1n) is 11.9. The molecule has 0 saturated heterocycles. The van der Waals surface area contributed by atoms with Gasteiger partial charge in [0.15, 0.2) is 0 Å². The Morgan fingerprint density at radius 1 is 1.17 bits per heavy atom. The van der Waals surface area contributed by atoms with E-state index in [4.69, 9.17) is 15.2 Å². The average Bonchev–Trinajstić information content (AvgIpc) is 3.24. The molecule has 4 aromatic rings. The number of aliphatic hydroxyl groups is 1. The number of fused-ring (bicyclic) bond motifs is 1. The van der Waals surface area contributed by atoms with Crippen LogP contribution in [0.4, 0.5) is 0 Å². The molecule has 0 spiro atoms. The number of nitrogens with two attached hydrogens (primary N) is 1. The molecule has 188 valence electrons. The van der Waals surface area contributed by atoms with Gasteiger partial charge in [-0.3, -0.25) is 4.79 Å². The van der Waals surface area contributed by atoms with E-state index in [2.05, 4.69) is 29.1 Å². The number of β-amino-alcohol motifs (C(OH)–C–C–N with tert-alkyl or cyclic N) is 1. The van der Waals surface area contributed by atoms with Crippen molar-refractivity contribution in [3.8, 4) is 17.4 Å². The van der Waals surface area contributed by atoms with E-state index in [1.54, 1.807) is 18.3 Å². The number of benzene rings is 2. The summed E-state index contributed by atoms with van der Waals surface area (Å²) in [4.78, 5) is 18.9. The molecule has 0 aliphatic rings. The number of nitrogens with one attached hydrogen (secondary N) is 2. The molecule has 8 nitrogen and oxygen atoms in total. The summed E-state index contributed by atoms with van der Waals surface area (Å²) in [5.74, 6) is 0.914. The predicted molar refractivity (Wildman–Crippen MR) is 140 cm³/mol. The molecule has 8 heteroatoms. The predicted octanol–water partition coefficient (Wildman–Crippen LogP) is 4.11. The first-order valence-corrected chi connectivity index (χ1v) is 11.9. The van der Waals surface area contributed by atoms with Crippen molar-refractivity contribution in [2.75, 3.05) is 13.2 Å². The van der Waals surface area contributed by atoms with E-state index >= 15 is 0 Å². The Morgan fingerprint density at radius 2 is 1.94 bits per heavy atom. The van der Waals surface area contributed by atoms with Crippen LogP contribution in [0.15, 0.2) is 67.0 Å². The highest BCUT2D eigenvalue weighted by atomic mass is 16.5. The Kier molecular flexibility index (Phi) is 7.57. The molecule has 4 rings (SSSR count). The summed E-state index contributed by atoms with van der Waals surface area (Å²) >= 11 is 0. The molecule has 2 aromatic heterocycles. The molecule has 0 radical (unpaired) electrons. The van der Waals surface area contributed by atoms with Crippen LogP contribution in [0.3, 0.4) is 0 Å². The van der Waals surface area contributed by atoms with Crippen LogP contribution in [-0.4, -0.2) is 45.8 Å². The van der Waals surface area contributed by atoms with E-state index in [1.807, 2.05) is 55.6 Å². The van der Waals surface area contributed by atoms with Crippen LogP contribution in [-0.2, 0) is 6.42 Å². The molecule has 36 heavy (non-hydrogen) atoms. The number of aliphatic hydroxyl groups excluding tert-OH is 1. The van der Waals surface area contributed by atoms with Crippen LogP contribution in [0.1, 0.15) is 35.3 Å². The Labute approximate surface area is 210 Å². The van der Waals surface area contributed by atoms with Crippen LogP contribution in [0.2, 0.25) is 0 Å². The molecule has 0 aliphatic carbocycles. The smallest absolute Gasteiger partial charge is 0.254 e. The number of aromatic amines is 1. The number of pyridine rings is 1. The number of hydrogen-bond donors (Lipinski definition) is 4. The zero-order chi connectivity index (χ0) is 25.7. The van der Waals surface area contributed by atoms with Crippen molar-refractivity contribution in [1.82, 2.24) is 15.3 Å². The van der Waals surface area contributed by atoms with Gasteiger partial charge in [-0.1, -0.05) is 18.2 Å². The summed E-state index contributed by atoms with van der Waals surface area (Å²) in [5.41, 5.74) is 8.58. The van der Waals surface area contributed by atoms with Gasteiger partial charge >= 0.3 is 0 Å². The quantitative estimate of drug-likeness (QED) is 0.252. The van der Waals surface area contributed by atoms with Crippen LogP contribution >= 0.6 is 0 Å². The van der Waals surface area contributed by atoms with Crippen molar-refractivity contribution in [1.29, 1.82) is 0 Å². The largest absolute Gasteiger partial charge is 0.490 e. The zero-order valence-corrected chi connectivity index (χ0v) is 20.7. The van der Waals surface area contributed by atoms with Crippen LogP contribution < -0.4 is 20.5 Å². The maximum absolute atomic E-state index is 11.6. The van der Waals surface area contributed by atoms with E-state index in [1.165, 1.54) is 0 Å². The normalized spacial score (nSPS) is 12.4. The number of aromatic nitrogens is 2. The van der Waals surface area contributed by atoms with Gasteiger partial charge in [0, 0.05) is 35.4 Å². The number of nitrogens with zero attached hydrogens (tertiary/aromatic N) is 1. The highest BCUT2D eigenvalue weighted by Crippen LogP contribution is 2.28. The SMILES string of the molecule is Cc1c[nH]c2cccc(OC[C@@H](O)CNC(C)(C)Cc3ccc(Oc4ncccc4C(N)=O)cc3)c12. The number of aryl methyl sites for hydroxylation is 1. The van der Waals surface area contributed by atoms with Gasteiger partial charge in [-0.2, -0.15) is 0 Å². The molecule has 0 saturated carbocycles. The number of carbonyl (C=O) groups excluding carboxylic acids is 1. The molecule has 1 atom stereocenters. The van der Waals surface area contributed by atoms with Crippen molar-refractivity contribution in [2.45, 2.75) is 38.8 Å². The zero-order valence-electron chi connectivity index (χ0n) is 20.7. The summed E-state index contributed by atoms with van der Waals surface area (Å²) in [6.45, 7) is 6.79. The van der Waals surface area contributed by atoms with Gasteiger partial charge in [-0.15, -0.1) is 0 Å². The summed E-state index contributed by atoms with van der Waals surface area (Å²) in [7, 11) is 0. The average molecular weight is 489 g/mol. The van der Waals surface area contributed by atoms with Crippen LogP contribution in [0.5, 0.6) is 17.4 Å². The Hall–Kier alpha value is -3.88. The molecular formula is C28H32N4O4. The van der Waals surface area contributed by atoms with E-state index in [0.29, 0.717) is 12.3 Å². The van der Waals surface area contributed by atoms with Crippen molar-refractivity contribution >= 4 is 16.8 Å². The minimum absolute atomic E-state index is 0.179. The molecule has 0 aliphatic heterocycles. The van der Waals surface area contributed by atoms with Crippen LogP contribution in [0, 0.1) is 6.92 Å². The summed E-state index contributed by atoms with van der Waals surface area (Å²) in [5, 5.41) is 15.0. The van der Waals surface area contributed by atoms with Gasteiger partial charge in [-0.05, 0) is 74.7 Å². The van der Waals surface area contributed by atoms with E-state index < -0.39 is 12.0 Å². The highest BCUT2D eigenvalue weighted by molar-refractivity contribution is 5.95. The summed E-state index contributed by atoms with van der Waals surface area (Å²) in [6, 6.07) is 16.7. The molecule has 0 unspecified atom stereocenters. The number of carbonyl (C=O) groups is 1. The fraction of sp³-hybridized carbons (Fsp3) is 0.286. The van der Waals surface area contributed by atoms with Crippen molar-refractivity contribution in [3.63, 3.8) is 0 Å². The first kappa shape index (κ1) is 25.2. The number of amides is 1. The van der Waals surface area contributed by atoms with Gasteiger partial charge in [0.1, 0.15) is 29.8 Å². The fourth-order valence-electron chi connectivity index (χ4n) is 4.10. The van der Waals surface area contributed by atoms with Gasteiger partial charge in [0.2, 0.25) is 5.88 Å². The summed E-state index contributed by atoms with van der Waals surface area (Å²) in [6.07, 6.45) is 3.57. The molecule has 2 heterocycles.